The molecule has 0 amide bonds. The van der Waals surface area contributed by atoms with Crippen LogP contribution in [-0.4, -0.2) is 7.11 Å². The van der Waals surface area contributed by atoms with E-state index in [0.29, 0.717) is 0 Å². The van der Waals surface area contributed by atoms with Crippen molar-refractivity contribution < 1.29 is 4.74 Å². The summed E-state index contributed by atoms with van der Waals surface area (Å²) in [6, 6.07) is 12.9. The fraction of sp³-hybridized carbons (Fsp3) is 0.333. The third-order valence-electron chi connectivity index (χ3n) is 3.63. The zero-order valence-electron chi connectivity index (χ0n) is 12.9. The van der Waals surface area contributed by atoms with Gasteiger partial charge in [-0.1, -0.05) is 29.8 Å². The molecule has 0 aromatic heterocycles. The van der Waals surface area contributed by atoms with Gasteiger partial charge < -0.3 is 10.1 Å². The number of benzene rings is 2. The minimum absolute atomic E-state index is 0.241. The quantitative estimate of drug-likeness (QED) is 0.861. The van der Waals surface area contributed by atoms with Crippen LogP contribution >= 0.6 is 0 Å². The van der Waals surface area contributed by atoms with Gasteiger partial charge in [-0.2, -0.15) is 0 Å². The highest BCUT2D eigenvalue weighted by molar-refractivity contribution is 5.59. The smallest absolute Gasteiger partial charge is 0.119 e. The zero-order chi connectivity index (χ0) is 14.7. The van der Waals surface area contributed by atoms with Gasteiger partial charge in [-0.3, -0.25) is 0 Å². The lowest BCUT2D eigenvalue weighted by atomic mass is 10.0. The first-order valence-corrected chi connectivity index (χ1v) is 6.99. The van der Waals surface area contributed by atoms with Gasteiger partial charge in [0.15, 0.2) is 0 Å². The second-order valence-corrected chi connectivity index (χ2v) is 5.42. The Morgan fingerprint density at radius 2 is 1.65 bits per heavy atom. The van der Waals surface area contributed by atoms with Crippen molar-refractivity contribution in [3.8, 4) is 5.75 Å². The van der Waals surface area contributed by atoms with Gasteiger partial charge in [-0.15, -0.1) is 0 Å². The van der Waals surface area contributed by atoms with Gasteiger partial charge in [-0.05, 0) is 56.5 Å². The Balaban J connectivity index is 2.25. The number of rotatable bonds is 4. The first-order chi connectivity index (χ1) is 9.51. The Kier molecular flexibility index (Phi) is 4.33. The van der Waals surface area contributed by atoms with E-state index in [1.165, 1.54) is 27.9 Å². The summed E-state index contributed by atoms with van der Waals surface area (Å²) in [7, 11) is 1.70. The van der Waals surface area contributed by atoms with Gasteiger partial charge >= 0.3 is 0 Å². The third-order valence-corrected chi connectivity index (χ3v) is 3.63. The molecule has 0 bridgehead atoms. The van der Waals surface area contributed by atoms with Crippen LogP contribution in [0.3, 0.4) is 0 Å². The number of aryl methyl sites for hydroxylation is 3. The first-order valence-electron chi connectivity index (χ1n) is 6.99. The van der Waals surface area contributed by atoms with Gasteiger partial charge in [-0.25, -0.2) is 0 Å². The molecular formula is C18H23NO. The molecule has 0 spiro atoms. The molecule has 0 saturated carbocycles. The SMILES string of the molecule is COc1cccc(C(C)Nc2c(C)cc(C)cc2C)c1. The topological polar surface area (TPSA) is 21.3 Å². The van der Waals surface area contributed by atoms with Crippen molar-refractivity contribution in [2.75, 3.05) is 12.4 Å². The Labute approximate surface area is 121 Å². The summed E-state index contributed by atoms with van der Waals surface area (Å²) in [5.74, 6) is 0.897. The number of ether oxygens (including phenoxy) is 1. The molecule has 0 heterocycles. The monoisotopic (exact) mass is 269 g/mol. The minimum atomic E-state index is 0.241. The molecule has 106 valence electrons. The van der Waals surface area contributed by atoms with E-state index in [1.807, 2.05) is 12.1 Å². The van der Waals surface area contributed by atoms with E-state index in [-0.39, 0.29) is 6.04 Å². The predicted octanol–water partition coefficient (Wildman–Crippen LogP) is 4.79. The number of hydrogen-bond acceptors (Lipinski definition) is 2. The van der Waals surface area contributed by atoms with Gasteiger partial charge in [0, 0.05) is 11.7 Å². The molecular weight excluding hydrogens is 246 g/mol. The summed E-state index contributed by atoms with van der Waals surface area (Å²) in [5.41, 5.74) is 6.34. The molecule has 1 atom stereocenters. The van der Waals surface area contributed by atoms with Gasteiger partial charge in [0.25, 0.3) is 0 Å². The molecule has 2 aromatic carbocycles. The van der Waals surface area contributed by atoms with Crippen LogP contribution in [0.15, 0.2) is 36.4 Å². The van der Waals surface area contributed by atoms with E-state index in [9.17, 15) is 0 Å². The molecule has 0 radical (unpaired) electrons. The maximum absolute atomic E-state index is 5.29. The maximum atomic E-state index is 5.29. The number of anilines is 1. The van der Waals surface area contributed by atoms with Crippen molar-refractivity contribution in [3.63, 3.8) is 0 Å². The van der Waals surface area contributed by atoms with Crippen molar-refractivity contribution in [3.05, 3.63) is 58.7 Å². The summed E-state index contributed by atoms with van der Waals surface area (Å²) in [4.78, 5) is 0. The predicted molar refractivity (Wildman–Crippen MR) is 85.7 cm³/mol. The molecule has 2 rings (SSSR count). The molecule has 0 aliphatic heterocycles. The summed E-state index contributed by atoms with van der Waals surface area (Å²) >= 11 is 0. The van der Waals surface area contributed by atoms with Crippen molar-refractivity contribution in [1.29, 1.82) is 0 Å². The van der Waals surface area contributed by atoms with Gasteiger partial charge in [0.1, 0.15) is 5.75 Å². The Morgan fingerprint density at radius 1 is 1.00 bits per heavy atom. The fourth-order valence-electron chi connectivity index (χ4n) is 2.62. The number of methoxy groups -OCH3 is 1. The molecule has 0 saturated heterocycles. The van der Waals surface area contributed by atoms with Gasteiger partial charge in [0.05, 0.1) is 7.11 Å². The van der Waals surface area contributed by atoms with E-state index in [1.54, 1.807) is 7.11 Å². The van der Waals surface area contributed by atoms with Crippen LogP contribution in [0.1, 0.15) is 35.2 Å². The number of hydrogen-bond donors (Lipinski definition) is 1. The van der Waals surface area contributed by atoms with Crippen LogP contribution in [0, 0.1) is 20.8 Å². The van der Waals surface area contributed by atoms with Crippen LogP contribution in [0.25, 0.3) is 0 Å². The lowest BCUT2D eigenvalue weighted by Gasteiger charge is -2.20. The molecule has 2 nitrogen and oxygen atoms in total. The standard InChI is InChI=1S/C18H23NO/c1-12-9-13(2)18(14(3)10-12)19-15(4)16-7-6-8-17(11-16)20-5/h6-11,15,19H,1-5H3. The van der Waals surface area contributed by atoms with E-state index in [2.05, 4.69) is 57.3 Å². The van der Waals surface area contributed by atoms with Crippen molar-refractivity contribution in [2.45, 2.75) is 33.7 Å². The molecule has 20 heavy (non-hydrogen) atoms. The van der Waals surface area contributed by atoms with E-state index >= 15 is 0 Å². The highest BCUT2D eigenvalue weighted by Gasteiger charge is 2.10. The van der Waals surface area contributed by atoms with E-state index < -0.39 is 0 Å². The normalized spacial score (nSPS) is 12.1. The fourth-order valence-corrected chi connectivity index (χ4v) is 2.62. The summed E-state index contributed by atoms with van der Waals surface area (Å²) in [6.07, 6.45) is 0. The molecule has 2 aromatic rings. The number of nitrogens with one attached hydrogen (secondary N) is 1. The Morgan fingerprint density at radius 3 is 2.25 bits per heavy atom. The van der Waals surface area contributed by atoms with Crippen molar-refractivity contribution >= 4 is 5.69 Å². The summed E-state index contributed by atoms with van der Waals surface area (Å²) in [5, 5.41) is 3.62. The van der Waals surface area contributed by atoms with Crippen LogP contribution < -0.4 is 10.1 Å². The Hall–Kier alpha value is -1.96. The van der Waals surface area contributed by atoms with Crippen LogP contribution in [0.5, 0.6) is 5.75 Å². The highest BCUT2D eigenvalue weighted by atomic mass is 16.5. The van der Waals surface area contributed by atoms with Crippen molar-refractivity contribution in [1.82, 2.24) is 0 Å². The molecule has 2 heteroatoms. The average Bonchev–Trinajstić information content (AvgIpc) is 2.42. The molecule has 1 unspecified atom stereocenters. The average molecular weight is 269 g/mol. The van der Waals surface area contributed by atoms with Crippen LogP contribution in [-0.2, 0) is 0 Å². The van der Waals surface area contributed by atoms with Gasteiger partial charge in [0.2, 0.25) is 0 Å². The van der Waals surface area contributed by atoms with E-state index in [4.69, 9.17) is 4.74 Å². The highest BCUT2D eigenvalue weighted by Crippen LogP contribution is 2.27. The summed E-state index contributed by atoms with van der Waals surface area (Å²) in [6.45, 7) is 8.62. The lowest BCUT2D eigenvalue weighted by molar-refractivity contribution is 0.414. The Bertz CT molecular complexity index is 581. The van der Waals surface area contributed by atoms with Crippen LogP contribution in [0.4, 0.5) is 5.69 Å². The maximum Gasteiger partial charge on any atom is 0.119 e. The molecule has 0 aliphatic rings. The largest absolute Gasteiger partial charge is 0.497 e. The van der Waals surface area contributed by atoms with Crippen LogP contribution in [0.2, 0.25) is 0 Å². The third kappa shape index (κ3) is 3.13. The lowest BCUT2D eigenvalue weighted by Crippen LogP contribution is -2.09. The minimum Gasteiger partial charge on any atom is -0.497 e. The van der Waals surface area contributed by atoms with E-state index in [0.717, 1.165) is 5.75 Å². The second-order valence-electron chi connectivity index (χ2n) is 5.42. The summed E-state index contributed by atoms with van der Waals surface area (Å²) < 4.78 is 5.29. The molecule has 1 N–H and O–H groups in total. The molecule has 0 fully saturated rings. The first kappa shape index (κ1) is 14.4. The zero-order valence-corrected chi connectivity index (χ0v) is 12.9. The second kappa shape index (κ2) is 6.00. The van der Waals surface area contributed by atoms with Crippen molar-refractivity contribution in [2.24, 2.45) is 0 Å². The molecule has 0 aliphatic carbocycles.